The Bertz CT molecular complexity index is 649. The van der Waals surface area contributed by atoms with Crippen molar-refractivity contribution in [3.8, 4) is 11.5 Å². The van der Waals surface area contributed by atoms with Crippen LogP contribution in [-0.2, 0) is 9.59 Å². The van der Waals surface area contributed by atoms with E-state index in [1.54, 1.807) is 18.2 Å². The van der Waals surface area contributed by atoms with Crippen LogP contribution in [0.4, 0.5) is 5.69 Å². The maximum absolute atomic E-state index is 12.5. The van der Waals surface area contributed by atoms with Crippen LogP contribution in [0.2, 0.25) is 0 Å². The van der Waals surface area contributed by atoms with E-state index in [9.17, 15) is 9.59 Å². The van der Waals surface area contributed by atoms with Crippen molar-refractivity contribution in [3.05, 3.63) is 29.3 Å². The van der Waals surface area contributed by atoms with Gasteiger partial charge in [0, 0.05) is 17.2 Å². The van der Waals surface area contributed by atoms with Gasteiger partial charge in [0.05, 0.1) is 5.69 Å². The number of ether oxygens (including phenoxy) is 2. The lowest BCUT2D eigenvalue weighted by Crippen LogP contribution is -2.31. The fraction of sp³-hybridized carbons (Fsp3) is 0.375. The maximum Gasteiger partial charge on any atom is 0.261 e. The highest BCUT2D eigenvalue weighted by Crippen LogP contribution is 2.39. The van der Waals surface area contributed by atoms with Crippen LogP contribution < -0.4 is 14.4 Å². The second kappa shape index (κ2) is 4.62. The summed E-state index contributed by atoms with van der Waals surface area (Å²) < 4.78 is 11.0. The largest absolute Gasteiger partial charge is 0.486 e. The minimum Gasteiger partial charge on any atom is -0.486 e. The molecular weight excluding hydrogens is 270 g/mol. The van der Waals surface area contributed by atoms with Crippen LogP contribution in [0.1, 0.15) is 25.7 Å². The second-order valence-corrected chi connectivity index (χ2v) is 5.44. The van der Waals surface area contributed by atoms with Gasteiger partial charge in [0.25, 0.3) is 11.8 Å². The summed E-state index contributed by atoms with van der Waals surface area (Å²) in [4.78, 5) is 26.3. The van der Waals surface area contributed by atoms with Crippen molar-refractivity contribution in [2.24, 2.45) is 0 Å². The number of hydrogen-bond donors (Lipinski definition) is 0. The van der Waals surface area contributed by atoms with Gasteiger partial charge in [0.2, 0.25) is 0 Å². The minimum atomic E-state index is -0.175. The fourth-order valence-corrected chi connectivity index (χ4v) is 3.15. The molecule has 0 bridgehead atoms. The van der Waals surface area contributed by atoms with Crippen molar-refractivity contribution in [1.29, 1.82) is 0 Å². The number of hydrogen-bond acceptors (Lipinski definition) is 4. The van der Waals surface area contributed by atoms with Gasteiger partial charge in [0.1, 0.15) is 13.2 Å². The van der Waals surface area contributed by atoms with Gasteiger partial charge in [-0.15, -0.1) is 0 Å². The SMILES string of the molecule is O=C1C2=C(CCCC2)C(=O)N1c1ccc2c(c1)OCCO2. The van der Waals surface area contributed by atoms with E-state index < -0.39 is 0 Å². The zero-order valence-corrected chi connectivity index (χ0v) is 11.6. The molecule has 2 aliphatic heterocycles. The highest BCUT2D eigenvalue weighted by atomic mass is 16.6. The van der Waals surface area contributed by atoms with Crippen molar-refractivity contribution in [3.63, 3.8) is 0 Å². The van der Waals surface area contributed by atoms with Gasteiger partial charge in [0.15, 0.2) is 11.5 Å². The molecular formula is C16H15NO4. The van der Waals surface area contributed by atoms with Crippen molar-refractivity contribution in [2.75, 3.05) is 18.1 Å². The zero-order valence-electron chi connectivity index (χ0n) is 11.6. The van der Waals surface area contributed by atoms with E-state index in [-0.39, 0.29) is 11.8 Å². The standard InChI is InChI=1S/C16H15NO4/c18-15-11-3-1-2-4-12(11)16(19)17(15)10-5-6-13-14(9-10)21-8-7-20-13/h5-6,9H,1-4,7-8H2. The van der Waals surface area contributed by atoms with Gasteiger partial charge in [-0.1, -0.05) is 0 Å². The number of rotatable bonds is 1. The van der Waals surface area contributed by atoms with Gasteiger partial charge < -0.3 is 9.47 Å². The predicted molar refractivity (Wildman–Crippen MR) is 75.4 cm³/mol. The van der Waals surface area contributed by atoms with E-state index >= 15 is 0 Å². The third kappa shape index (κ3) is 1.84. The number of anilines is 1. The quantitative estimate of drug-likeness (QED) is 0.742. The first-order valence-corrected chi connectivity index (χ1v) is 7.26. The number of amides is 2. The van der Waals surface area contributed by atoms with E-state index in [0.717, 1.165) is 12.8 Å². The van der Waals surface area contributed by atoms with Crippen LogP contribution in [0, 0.1) is 0 Å². The normalized spacial score (nSPS) is 20.9. The van der Waals surface area contributed by atoms with E-state index in [2.05, 4.69) is 0 Å². The summed E-state index contributed by atoms with van der Waals surface area (Å²) in [6.07, 6.45) is 3.38. The molecule has 5 nitrogen and oxygen atoms in total. The van der Waals surface area contributed by atoms with Gasteiger partial charge in [-0.25, -0.2) is 4.90 Å². The molecule has 1 aliphatic carbocycles. The topological polar surface area (TPSA) is 55.8 Å². The molecule has 0 unspecified atom stereocenters. The maximum atomic E-state index is 12.5. The van der Waals surface area contributed by atoms with Crippen LogP contribution in [-0.4, -0.2) is 25.0 Å². The molecule has 0 spiro atoms. The number of carbonyl (C=O) groups is 2. The van der Waals surface area contributed by atoms with Crippen LogP contribution in [0.3, 0.4) is 0 Å². The highest BCUT2D eigenvalue weighted by molar-refractivity contribution is 6.33. The van der Waals surface area contributed by atoms with Crippen molar-refractivity contribution >= 4 is 17.5 Å². The Kier molecular flexibility index (Phi) is 2.74. The van der Waals surface area contributed by atoms with E-state index in [4.69, 9.17) is 9.47 Å². The second-order valence-electron chi connectivity index (χ2n) is 5.44. The Morgan fingerprint density at radius 2 is 1.48 bits per heavy atom. The van der Waals surface area contributed by atoms with Crippen molar-refractivity contribution in [1.82, 2.24) is 0 Å². The number of carbonyl (C=O) groups excluding carboxylic acids is 2. The number of nitrogens with zero attached hydrogens (tertiary/aromatic N) is 1. The third-order valence-electron chi connectivity index (χ3n) is 4.17. The lowest BCUT2D eigenvalue weighted by Gasteiger charge is -2.21. The monoisotopic (exact) mass is 285 g/mol. The summed E-state index contributed by atoms with van der Waals surface area (Å²) in [5.74, 6) is 0.892. The van der Waals surface area contributed by atoms with E-state index in [0.29, 0.717) is 54.4 Å². The molecule has 2 heterocycles. The van der Waals surface area contributed by atoms with Crippen LogP contribution in [0.5, 0.6) is 11.5 Å². The number of imide groups is 1. The molecule has 0 radical (unpaired) electrons. The summed E-state index contributed by atoms with van der Waals surface area (Å²) >= 11 is 0. The summed E-state index contributed by atoms with van der Waals surface area (Å²) in [6.45, 7) is 0.997. The minimum absolute atomic E-state index is 0.175. The van der Waals surface area contributed by atoms with E-state index in [1.807, 2.05) is 0 Å². The number of fused-ring (bicyclic) bond motifs is 1. The molecule has 3 aliphatic rings. The Hall–Kier alpha value is -2.30. The molecule has 1 aromatic carbocycles. The first kappa shape index (κ1) is 12.4. The molecule has 0 saturated carbocycles. The Labute approximate surface area is 122 Å². The predicted octanol–water partition coefficient (Wildman–Crippen LogP) is 2.20. The molecule has 0 N–H and O–H groups in total. The smallest absolute Gasteiger partial charge is 0.261 e. The third-order valence-corrected chi connectivity index (χ3v) is 4.17. The van der Waals surface area contributed by atoms with Crippen molar-refractivity contribution < 1.29 is 19.1 Å². The molecule has 0 saturated heterocycles. The van der Waals surface area contributed by atoms with Crippen LogP contribution >= 0.6 is 0 Å². The number of benzene rings is 1. The van der Waals surface area contributed by atoms with Gasteiger partial charge in [-0.3, -0.25) is 9.59 Å². The lowest BCUT2D eigenvalue weighted by molar-refractivity contribution is -0.120. The first-order valence-electron chi connectivity index (χ1n) is 7.26. The Balaban J connectivity index is 1.71. The molecule has 2 amide bonds. The van der Waals surface area contributed by atoms with Gasteiger partial charge >= 0.3 is 0 Å². The van der Waals surface area contributed by atoms with Crippen LogP contribution in [0.15, 0.2) is 29.3 Å². The van der Waals surface area contributed by atoms with Gasteiger partial charge in [-0.05, 0) is 37.8 Å². The zero-order chi connectivity index (χ0) is 14.4. The summed E-state index contributed by atoms with van der Waals surface area (Å²) in [5, 5.41) is 0. The molecule has 108 valence electrons. The molecule has 21 heavy (non-hydrogen) atoms. The molecule has 5 heteroatoms. The van der Waals surface area contributed by atoms with E-state index in [1.165, 1.54) is 4.90 Å². The summed E-state index contributed by atoms with van der Waals surface area (Å²) in [5.41, 5.74) is 1.95. The lowest BCUT2D eigenvalue weighted by atomic mass is 9.93. The molecule has 0 aromatic heterocycles. The molecule has 4 rings (SSSR count). The average Bonchev–Trinajstić information content (AvgIpc) is 2.79. The Morgan fingerprint density at radius 1 is 0.857 bits per heavy atom. The highest BCUT2D eigenvalue weighted by Gasteiger charge is 2.39. The average molecular weight is 285 g/mol. The molecule has 0 atom stereocenters. The van der Waals surface area contributed by atoms with Gasteiger partial charge in [-0.2, -0.15) is 0 Å². The van der Waals surface area contributed by atoms with Crippen molar-refractivity contribution in [2.45, 2.75) is 25.7 Å². The molecule has 1 aromatic rings. The Morgan fingerprint density at radius 3 is 2.14 bits per heavy atom. The van der Waals surface area contributed by atoms with Crippen LogP contribution in [0.25, 0.3) is 0 Å². The fourth-order valence-electron chi connectivity index (χ4n) is 3.15. The summed E-state index contributed by atoms with van der Waals surface area (Å²) in [7, 11) is 0. The first-order chi connectivity index (χ1) is 10.3. The molecule has 0 fully saturated rings. The summed E-state index contributed by atoms with van der Waals surface area (Å²) in [6, 6.07) is 5.20.